The molecule has 14 heavy (non-hydrogen) atoms. The highest BCUT2D eigenvalue weighted by Crippen LogP contribution is 2.59. The molecule has 4 heteroatoms. The van der Waals surface area contributed by atoms with Gasteiger partial charge in [0.1, 0.15) is 5.92 Å². The maximum absolute atomic E-state index is 12.9. The Balaban J connectivity index is 1.62. The molecular weight excluding hydrogens is 188 g/mol. The third kappa shape index (κ3) is 0.916. The van der Waals surface area contributed by atoms with E-state index < -0.39 is 17.8 Å². The summed E-state index contributed by atoms with van der Waals surface area (Å²) >= 11 is 0. The van der Waals surface area contributed by atoms with E-state index in [2.05, 4.69) is 0 Å². The molecule has 3 aliphatic rings. The Morgan fingerprint density at radius 3 is 2.21 bits per heavy atom. The van der Waals surface area contributed by atoms with Crippen LogP contribution in [-0.4, -0.2) is 29.8 Å². The van der Waals surface area contributed by atoms with Crippen molar-refractivity contribution in [3.8, 4) is 0 Å². The summed E-state index contributed by atoms with van der Waals surface area (Å²) in [6, 6.07) is 0. The first-order valence-corrected chi connectivity index (χ1v) is 5.13. The van der Waals surface area contributed by atoms with Gasteiger partial charge in [-0.3, -0.25) is 4.79 Å². The van der Waals surface area contributed by atoms with Gasteiger partial charge >= 0.3 is 0 Å². The fourth-order valence-electron chi connectivity index (χ4n) is 2.47. The van der Waals surface area contributed by atoms with E-state index in [-0.39, 0.29) is 5.91 Å². The first-order valence-electron chi connectivity index (χ1n) is 5.13. The second-order valence-corrected chi connectivity index (χ2v) is 5.14. The Morgan fingerprint density at radius 2 is 1.86 bits per heavy atom. The molecule has 1 saturated heterocycles. The Bertz CT molecular complexity index is 303. The first kappa shape index (κ1) is 8.62. The van der Waals surface area contributed by atoms with E-state index in [1.165, 1.54) is 19.8 Å². The third-order valence-electron chi connectivity index (χ3n) is 4.00. The second-order valence-electron chi connectivity index (χ2n) is 5.14. The standard InChI is InChI=1S/C10H13F2NO/c1-6-7(10(6,11)12)8(14)13-4-9(5-13)2-3-9/h6-7H,2-5H2,1H3. The maximum atomic E-state index is 12.9. The van der Waals surface area contributed by atoms with Crippen molar-refractivity contribution in [3.63, 3.8) is 0 Å². The Kier molecular flexibility index (Phi) is 1.31. The molecule has 0 radical (unpaired) electrons. The van der Waals surface area contributed by atoms with Crippen LogP contribution in [0.1, 0.15) is 19.8 Å². The molecule has 2 aliphatic carbocycles. The zero-order valence-electron chi connectivity index (χ0n) is 8.09. The summed E-state index contributed by atoms with van der Waals surface area (Å²) in [7, 11) is 0. The van der Waals surface area contributed by atoms with Gasteiger partial charge in [0, 0.05) is 24.4 Å². The Labute approximate surface area is 81.3 Å². The summed E-state index contributed by atoms with van der Waals surface area (Å²) in [5.41, 5.74) is 0.364. The molecule has 1 spiro atoms. The molecular formula is C10H13F2NO. The molecule has 2 atom stereocenters. The third-order valence-corrected chi connectivity index (χ3v) is 4.00. The molecule has 0 aromatic carbocycles. The van der Waals surface area contributed by atoms with Crippen molar-refractivity contribution in [1.82, 2.24) is 4.90 Å². The normalized spacial score (nSPS) is 40.6. The topological polar surface area (TPSA) is 20.3 Å². The second kappa shape index (κ2) is 2.12. The summed E-state index contributed by atoms with van der Waals surface area (Å²) in [5, 5.41) is 0. The van der Waals surface area contributed by atoms with Crippen molar-refractivity contribution in [2.24, 2.45) is 17.3 Å². The minimum Gasteiger partial charge on any atom is -0.341 e. The van der Waals surface area contributed by atoms with Crippen LogP contribution in [0.15, 0.2) is 0 Å². The van der Waals surface area contributed by atoms with Gasteiger partial charge in [0.05, 0.1) is 0 Å². The predicted molar refractivity (Wildman–Crippen MR) is 45.8 cm³/mol. The molecule has 2 nitrogen and oxygen atoms in total. The molecule has 0 aromatic rings. The van der Waals surface area contributed by atoms with Crippen LogP contribution < -0.4 is 0 Å². The van der Waals surface area contributed by atoms with Gasteiger partial charge in [-0.15, -0.1) is 0 Å². The van der Waals surface area contributed by atoms with Crippen LogP contribution in [0.3, 0.4) is 0 Å². The molecule has 0 N–H and O–H groups in total. The zero-order valence-corrected chi connectivity index (χ0v) is 8.09. The number of likely N-dealkylation sites (tertiary alicyclic amines) is 1. The van der Waals surface area contributed by atoms with Crippen molar-refractivity contribution < 1.29 is 13.6 Å². The van der Waals surface area contributed by atoms with Crippen molar-refractivity contribution in [2.45, 2.75) is 25.7 Å². The number of halogens is 2. The van der Waals surface area contributed by atoms with Crippen LogP contribution in [0.4, 0.5) is 8.78 Å². The number of carbonyl (C=O) groups is 1. The lowest BCUT2D eigenvalue weighted by atomic mass is 9.96. The summed E-state index contributed by atoms with van der Waals surface area (Å²) in [4.78, 5) is 13.2. The van der Waals surface area contributed by atoms with Gasteiger partial charge in [-0.1, -0.05) is 6.92 Å². The highest BCUT2D eigenvalue weighted by atomic mass is 19.3. The molecule has 0 bridgehead atoms. The monoisotopic (exact) mass is 201 g/mol. The number of hydrogen-bond acceptors (Lipinski definition) is 1. The van der Waals surface area contributed by atoms with E-state index >= 15 is 0 Å². The smallest absolute Gasteiger partial charge is 0.263 e. The van der Waals surface area contributed by atoms with Crippen molar-refractivity contribution in [3.05, 3.63) is 0 Å². The fourth-order valence-corrected chi connectivity index (χ4v) is 2.47. The summed E-state index contributed by atoms with van der Waals surface area (Å²) < 4.78 is 25.8. The number of hydrogen-bond donors (Lipinski definition) is 0. The van der Waals surface area contributed by atoms with Crippen LogP contribution in [0.25, 0.3) is 0 Å². The lowest BCUT2D eigenvalue weighted by Crippen LogP contribution is -2.52. The zero-order chi connectivity index (χ0) is 10.1. The molecule has 3 rings (SSSR count). The number of nitrogens with zero attached hydrogens (tertiary/aromatic N) is 1. The quantitative estimate of drug-likeness (QED) is 0.629. The van der Waals surface area contributed by atoms with Crippen LogP contribution in [0.5, 0.6) is 0 Å². The number of rotatable bonds is 1. The highest BCUT2D eigenvalue weighted by molar-refractivity contribution is 5.84. The molecule has 1 amide bonds. The molecule has 1 heterocycles. The van der Waals surface area contributed by atoms with Gasteiger partial charge in [0.25, 0.3) is 5.92 Å². The molecule has 2 unspecified atom stereocenters. The van der Waals surface area contributed by atoms with E-state index in [0.29, 0.717) is 5.41 Å². The number of carbonyl (C=O) groups excluding carboxylic acids is 1. The fraction of sp³-hybridized carbons (Fsp3) is 0.900. The first-order chi connectivity index (χ1) is 6.46. The summed E-state index contributed by atoms with van der Waals surface area (Å²) in [6.07, 6.45) is 2.35. The molecule has 0 aromatic heterocycles. The van der Waals surface area contributed by atoms with Gasteiger partial charge in [-0.25, -0.2) is 8.78 Å². The Hall–Kier alpha value is -0.670. The summed E-state index contributed by atoms with van der Waals surface area (Å²) in [5.74, 6) is -4.81. The average molecular weight is 201 g/mol. The number of amides is 1. The van der Waals surface area contributed by atoms with Crippen LogP contribution in [-0.2, 0) is 4.79 Å². The van der Waals surface area contributed by atoms with Crippen molar-refractivity contribution in [1.29, 1.82) is 0 Å². The van der Waals surface area contributed by atoms with E-state index in [4.69, 9.17) is 0 Å². The van der Waals surface area contributed by atoms with E-state index in [0.717, 1.165) is 13.1 Å². The minimum atomic E-state index is -2.73. The largest absolute Gasteiger partial charge is 0.341 e. The molecule has 2 saturated carbocycles. The summed E-state index contributed by atoms with van der Waals surface area (Å²) in [6.45, 7) is 2.91. The van der Waals surface area contributed by atoms with Gasteiger partial charge in [0.15, 0.2) is 0 Å². The van der Waals surface area contributed by atoms with E-state index in [9.17, 15) is 13.6 Å². The van der Waals surface area contributed by atoms with Gasteiger partial charge in [0.2, 0.25) is 5.91 Å². The molecule has 3 fully saturated rings. The lowest BCUT2D eigenvalue weighted by molar-refractivity contribution is -0.142. The van der Waals surface area contributed by atoms with Crippen molar-refractivity contribution in [2.75, 3.05) is 13.1 Å². The number of alkyl halides is 2. The van der Waals surface area contributed by atoms with Crippen LogP contribution >= 0.6 is 0 Å². The lowest BCUT2D eigenvalue weighted by Gasteiger charge is -2.40. The van der Waals surface area contributed by atoms with Gasteiger partial charge < -0.3 is 4.90 Å². The highest BCUT2D eigenvalue weighted by Gasteiger charge is 2.71. The SMILES string of the molecule is CC1C(C(=O)N2CC3(CC3)C2)C1(F)F. The molecule has 78 valence electrons. The van der Waals surface area contributed by atoms with E-state index in [1.807, 2.05) is 0 Å². The molecule has 1 aliphatic heterocycles. The Morgan fingerprint density at radius 1 is 1.36 bits per heavy atom. The van der Waals surface area contributed by atoms with Crippen molar-refractivity contribution >= 4 is 5.91 Å². The average Bonchev–Trinajstić information content (AvgIpc) is 2.87. The predicted octanol–water partition coefficient (Wildman–Crippen LogP) is 1.51. The minimum absolute atomic E-state index is 0.319. The van der Waals surface area contributed by atoms with Crippen LogP contribution in [0.2, 0.25) is 0 Å². The van der Waals surface area contributed by atoms with E-state index in [1.54, 1.807) is 4.90 Å². The maximum Gasteiger partial charge on any atom is 0.263 e. The van der Waals surface area contributed by atoms with Gasteiger partial charge in [-0.2, -0.15) is 0 Å². The van der Waals surface area contributed by atoms with Crippen LogP contribution in [0, 0.1) is 17.3 Å². The van der Waals surface area contributed by atoms with Gasteiger partial charge in [-0.05, 0) is 12.8 Å².